The number of hydrogen-bond acceptors (Lipinski definition) is 6. The molecular formula is C21H17N3O4. The maximum absolute atomic E-state index is 12.2. The molecule has 1 aromatic carbocycles. The van der Waals surface area contributed by atoms with Crippen LogP contribution in [0.15, 0.2) is 41.6 Å². The third-order valence-corrected chi connectivity index (χ3v) is 4.55. The molecule has 4 rings (SSSR count). The summed E-state index contributed by atoms with van der Waals surface area (Å²) >= 11 is 0. The van der Waals surface area contributed by atoms with Crippen molar-refractivity contribution in [3.63, 3.8) is 0 Å². The highest BCUT2D eigenvalue weighted by molar-refractivity contribution is 6.20. The summed E-state index contributed by atoms with van der Waals surface area (Å²) in [5.74, 6) is 4.74. The quantitative estimate of drug-likeness (QED) is 0.467. The van der Waals surface area contributed by atoms with E-state index in [2.05, 4.69) is 22.0 Å². The molecule has 140 valence electrons. The van der Waals surface area contributed by atoms with Crippen LogP contribution in [0.5, 0.6) is 0 Å². The Balaban J connectivity index is 1.45. The second-order valence-corrected chi connectivity index (χ2v) is 6.30. The van der Waals surface area contributed by atoms with E-state index < -0.39 is 11.8 Å². The Bertz CT molecular complexity index is 1010. The summed E-state index contributed by atoms with van der Waals surface area (Å²) in [6.07, 6.45) is 2.77. The van der Waals surface area contributed by atoms with Crippen molar-refractivity contribution in [2.75, 3.05) is 13.7 Å². The molecule has 0 unspecified atom stereocenters. The van der Waals surface area contributed by atoms with E-state index in [9.17, 15) is 9.59 Å². The van der Waals surface area contributed by atoms with Crippen LogP contribution in [-0.4, -0.2) is 41.3 Å². The fourth-order valence-electron chi connectivity index (χ4n) is 3.28. The van der Waals surface area contributed by atoms with Gasteiger partial charge in [-0.05, 0) is 48.9 Å². The maximum Gasteiger partial charge on any atom is 0.285 e. The van der Waals surface area contributed by atoms with Gasteiger partial charge in [0.2, 0.25) is 0 Å². The molecule has 0 radical (unpaired) electrons. The van der Waals surface area contributed by atoms with E-state index in [-0.39, 0.29) is 6.61 Å². The number of imide groups is 1. The Morgan fingerprint density at radius 3 is 2.57 bits per heavy atom. The molecular weight excluding hydrogens is 358 g/mol. The molecule has 0 bridgehead atoms. The van der Waals surface area contributed by atoms with Gasteiger partial charge in [0.1, 0.15) is 25.1 Å². The highest BCUT2D eigenvalue weighted by Gasteiger charge is 2.36. The molecule has 7 heteroatoms. The number of nitrogens with zero attached hydrogens (tertiary/aromatic N) is 3. The lowest BCUT2D eigenvalue weighted by Gasteiger charge is -2.16. The van der Waals surface area contributed by atoms with Gasteiger partial charge in [-0.15, -0.1) is 5.06 Å². The molecule has 2 amide bonds. The van der Waals surface area contributed by atoms with Gasteiger partial charge >= 0.3 is 0 Å². The van der Waals surface area contributed by atoms with Gasteiger partial charge in [0.15, 0.2) is 0 Å². The highest BCUT2D eigenvalue weighted by Crippen LogP contribution is 2.22. The van der Waals surface area contributed by atoms with E-state index in [1.807, 2.05) is 12.1 Å². The Kier molecular flexibility index (Phi) is 4.87. The van der Waals surface area contributed by atoms with Crippen LogP contribution in [0, 0.1) is 11.8 Å². The SMILES string of the molecule is CON=C1CCCc2ccc(C#CCON3C(=O)c4ccccc4C3=O)nc21. The first kappa shape index (κ1) is 17.9. The summed E-state index contributed by atoms with van der Waals surface area (Å²) in [6.45, 7) is -0.108. The summed E-state index contributed by atoms with van der Waals surface area (Å²) in [5.41, 5.74) is 3.98. The number of fused-ring (bicyclic) bond motifs is 2. The second kappa shape index (κ2) is 7.62. The number of pyridine rings is 1. The molecule has 0 saturated heterocycles. The summed E-state index contributed by atoms with van der Waals surface area (Å²) in [4.78, 5) is 39.2. The Labute approximate surface area is 161 Å². The zero-order chi connectivity index (χ0) is 19.5. The van der Waals surface area contributed by atoms with E-state index in [1.54, 1.807) is 24.3 Å². The van der Waals surface area contributed by atoms with Gasteiger partial charge in [0.05, 0.1) is 16.8 Å². The summed E-state index contributed by atoms with van der Waals surface area (Å²) in [7, 11) is 1.52. The fourth-order valence-corrected chi connectivity index (χ4v) is 3.28. The molecule has 0 saturated carbocycles. The van der Waals surface area contributed by atoms with Crippen molar-refractivity contribution < 1.29 is 19.3 Å². The van der Waals surface area contributed by atoms with Crippen LogP contribution in [0.3, 0.4) is 0 Å². The maximum atomic E-state index is 12.2. The minimum atomic E-state index is -0.477. The first-order valence-corrected chi connectivity index (χ1v) is 8.89. The topological polar surface area (TPSA) is 81.1 Å². The summed E-state index contributed by atoms with van der Waals surface area (Å²) in [6, 6.07) is 10.4. The van der Waals surface area contributed by atoms with E-state index >= 15 is 0 Å². The van der Waals surface area contributed by atoms with Crippen LogP contribution in [-0.2, 0) is 16.1 Å². The molecule has 1 aliphatic carbocycles. The van der Waals surface area contributed by atoms with Gasteiger partial charge in [0.25, 0.3) is 11.8 Å². The number of carbonyl (C=O) groups is 2. The third-order valence-electron chi connectivity index (χ3n) is 4.55. The molecule has 2 aromatic rings. The van der Waals surface area contributed by atoms with Gasteiger partial charge in [-0.3, -0.25) is 9.59 Å². The van der Waals surface area contributed by atoms with E-state index in [1.165, 1.54) is 7.11 Å². The Morgan fingerprint density at radius 1 is 1.11 bits per heavy atom. The average molecular weight is 375 g/mol. The molecule has 28 heavy (non-hydrogen) atoms. The number of oxime groups is 1. The number of hydrogen-bond donors (Lipinski definition) is 0. The van der Waals surface area contributed by atoms with Gasteiger partial charge in [0, 0.05) is 0 Å². The Hall–Kier alpha value is -3.50. The minimum Gasteiger partial charge on any atom is -0.399 e. The van der Waals surface area contributed by atoms with Crippen molar-refractivity contribution in [2.45, 2.75) is 19.3 Å². The number of amides is 2. The highest BCUT2D eigenvalue weighted by atomic mass is 16.7. The number of rotatable bonds is 3. The van der Waals surface area contributed by atoms with E-state index in [0.29, 0.717) is 16.8 Å². The molecule has 1 aliphatic heterocycles. The Morgan fingerprint density at radius 2 is 1.86 bits per heavy atom. The van der Waals surface area contributed by atoms with Gasteiger partial charge in [-0.2, -0.15) is 0 Å². The first-order chi connectivity index (χ1) is 13.7. The number of hydroxylamine groups is 2. The zero-order valence-electron chi connectivity index (χ0n) is 15.3. The predicted molar refractivity (Wildman–Crippen MR) is 100 cm³/mol. The number of benzene rings is 1. The monoisotopic (exact) mass is 375 g/mol. The number of carbonyl (C=O) groups excluding carboxylic acids is 2. The number of aromatic nitrogens is 1. The molecule has 0 spiro atoms. The van der Waals surface area contributed by atoms with Crippen LogP contribution in [0.4, 0.5) is 0 Å². The molecule has 0 atom stereocenters. The van der Waals surface area contributed by atoms with Gasteiger partial charge < -0.3 is 4.84 Å². The lowest BCUT2D eigenvalue weighted by atomic mass is 9.94. The van der Waals surface area contributed by atoms with Gasteiger partial charge in [-0.25, -0.2) is 9.82 Å². The normalized spacial score (nSPS) is 16.5. The molecule has 0 fully saturated rings. The average Bonchev–Trinajstić information content (AvgIpc) is 2.96. The molecule has 2 heterocycles. The zero-order valence-corrected chi connectivity index (χ0v) is 15.3. The predicted octanol–water partition coefficient (Wildman–Crippen LogP) is 2.35. The number of aryl methyl sites for hydroxylation is 1. The van der Waals surface area contributed by atoms with Crippen molar-refractivity contribution in [1.29, 1.82) is 0 Å². The first-order valence-electron chi connectivity index (χ1n) is 8.89. The van der Waals surface area contributed by atoms with E-state index in [0.717, 1.165) is 41.3 Å². The van der Waals surface area contributed by atoms with E-state index in [4.69, 9.17) is 9.68 Å². The van der Waals surface area contributed by atoms with Crippen molar-refractivity contribution in [1.82, 2.24) is 10.0 Å². The molecule has 7 nitrogen and oxygen atoms in total. The smallest absolute Gasteiger partial charge is 0.285 e. The van der Waals surface area contributed by atoms with Crippen molar-refractivity contribution in [3.05, 3.63) is 64.5 Å². The fraction of sp³-hybridized carbons (Fsp3) is 0.238. The lowest BCUT2D eigenvalue weighted by Crippen LogP contribution is -2.30. The second-order valence-electron chi connectivity index (χ2n) is 6.30. The largest absolute Gasteiger partial charge is 0.399 e. The van der Waals surface area contributed by atoms with Crippen LogP contribution < -0.4 is 0 Å². The molecule has 2 aliphatic rings. The van der Waals surface area contributed by atoms with Crippen LogP contribution in [0.2, 0.25) is 0 Å². The summed E-state index contributed by atoms with van der Waals surface area (Å²) < 4.78 is 0. The standard InChI is InChI=1S/C21H17N3O4/c1-27-23-18-10-4-6-14-11-12-15(22-19(14)18)7-5-13-28-24-20(25)16-8-2-3-9-17(16)21(24)26/h2-3,8-9,11-12H,4,6,10,13H2,1H3. The molecule has 0 N–H and O–H groups in total. The van der Waals surface area contributed by atoms with Crippen LogP contribution in [0.1, 0.15) is 50.5 Å². The van der Waals surface area contributed by atoms with Gasteiger partial charge in [-0.1, -0.05) is 29.3 Å². The minimum absolute atomic E-state index is 0.108. The lowest BCUT2D eigenvalue weighted by molar-refractivity contribution is -0.0782. The van der Waals surface area contributed by atoms with Crippen molar-refractivity contribution in [2.24, 2.45) is 5.16 Å². The van der Waals surface area contributed by atoms with Crippen LogP contribution >= 0.6 is 0 Å². The van der Waals surface area contributed by atoms with Crippen LogP contribution in [0.25, 0.3) is 0 Å². The third kappa shape index (κ3) is 3.26. The van der Waals surface area contributed by atoms with Crippen molar-refractivity contribution in [3.8, 4) is 11.8 Å². The molecule has 1 aromatic heterocycles. The van der Waals surface area contributed by atoms with Crippen molar-refractivity contribution >= 4 is 17.5 Å². The summed E-state index contributed by atoms with van der Waals surface area (Å²) in [5, 5.41) is 4.80.